The van der Waals surface area contributed by atoms with Gasteiger partial charge in [-0.1, -0.05) is 31.2 Å². The van der Waals surface area contributed by atoms with Crippen LogP contribution in [0.5, 0.6) is 0 Å². The van der Waals surface area contributed by atoms with E-state index in [9.17, 15) is 9.90 Å². The van der Waals surface area contributed by atoms with Crippen LogP contribution in [0.3, 0.4) is 0 Å². The molecule has 3 rings (SSSR count). The average Bonchev–Trinajstić information content (AvgIpc) is 3.10. The third kappa shape index (κ3) is 2.17. The molecule has 1 aliphatic carbocycles. The Bertz CT molecular complexity index is 629. The molecule has 1 fully saturated rings. The number of benzene rings is 1. The predicted molar refractivity (Wildman–Crippen MR) is 71.9 cm³/mol. The van der Waals surface area contributed by atoms with Gasteiger partial charge in [0.2, 0.25) is 0 Å². The summed E-state index contributed by atoms with van der Waals surface area (Å²) in [5.41, 5.74) is 1.48. The fourth-order valence-electron chi connectivity index (χ4n) is 2.28. The number of nitrogens with zero attached hydrogens (tertiary/aromatic N) is 4. The van der Waals surface area contributed by atoms with Crippen LogP contribution in [0.15, 0.2) is 24.3 Å². The van der Waals surface area contributed by atoms with E-state index >= 15 is 0 Å². The Morgan fingerprint density at radius 3 is 2.60 bits per heavy atom. The van der Waals surface area contributed by atoms with Crippen LogP contribution >= 0.6 is 0 Å². The number of hydrogen-bond acceptors (Lipinski definition) is 4. The molecule has 0 spiro atoms. The van der Waals surface area contributed by atoms with Gasteiger partial charge in [0.05, 0.1) is 12.0 Å². The van der Waals surface area contributed by atoms with Gasteiger partial charge in [-0.15, -0.1) is 5.10 Å². The molecule has 2 aromatic rings. The molecule has 0 unspecified atom stereocenters. The van der Waals surface area contributed by atoms with Crippen molar-refractivity contribution in [3.05, 3.63) is 29.8 Å². The molecule has 1 aromatic heterocycles. The zero-order valence-corrected chi connectivity index (χ0v) is 11.3. The molecule has 0 bridgehead atoms. The van der Waals surface area contributed by atoms with Crippen molar-refractivity contribution in [3.8, 4) is 11.4 Å². The van der Waals surface area contributed by atoms with Gasteiger partial charge in [0, 0.05) is 5.56 Å². The van der Waals surface area contributed by atoms with Gasteiger partial charge >= 0.3 is 5.97 Å². The average molecular weight is 272 g/mol. The first kappa shape index (κ1) is 12.8. The van der Waals surface area contributed by atoms with Gasteiger partial charge in [0.15, 0.2) is 5.82 Å². The van der Waals surface area contributed by atoms with Crippen LogP contribution in [-0.4, -0.2) is 31.3 Å². The minimum absolute atomic E-state index is 0.334. The van der Waals surface area contributed by atoms with E-state index in [-0.39, 0.29) is 0 Å². The number of carboxylic acid groups (broad SMARTS) is 1. The van der Waals surface area contributed by atoms with Crippen molar-refractivity contribution >= 4 is 5.97 Å². The van der Waals surface area contributed by atoms with E-state index in [0.717, 1.165) is 12.0 Å². The Kier molecular flexibility index (Phi) is 3.00. The lowest BCUT2D eigenvalue weighted by molar-refractivity contribution is -0.144. The van der Waals surface area contributed by atoms with E-state index in [1.54, 1.807) is 4.68 Å². The number of carbonyl (C=O) groups is 1. The van der Waals surface area contributed by atoms with Crippen LogP contribution < -0.4 is 0 Å². The smallest absolute Gasteiger partial charge is 0.311 e. The first-order chi connectivity index (χ1) is 9.64. The van der Waals surface area contributed by atoms with Crippen molar-refractivity contribution in [1.82, 2.24) is 20.2 Å². The van der Waals surface area contributed by atoms with Gasteiger partial charge in [-0.05, 0) is 35.3 Å². The third-order valence-corrected chi connectivity index (χ3v) is 3.91. The summed E-state index contributed by atoms with van der Waals surface area (Å²) in [4.78, 5) is 11.3. The molecule has 104 valence electrons. The summed E-state index contributed by atoms with van der Waals surface area (Å²) in [5.74, 6) is -0.138. The Hall–Kier alpha value is -2.24. The Morgan fingerprint density at radius 1 is 1.35 bits per heavy atom. The molecule has 6 nitrogen and oxygen atoms in total. The molecule has 1 aliphatic rings. The van der Waals surface area contributed by atoms with Gasteiger partial charge in [-0.3, -0.25) is 4.79 Å². The van der Waals surface area contributed by atoms with Crippen molar-refractivity contribution in [1.29, 1.82) is 0 Å². The van der Waals surface area contributed by atoms with Crippen molar-refractivity contribution in [2.45, 2.75) is 32.7 Å². The zero-order valence-electron chi connectivity index (χ0n) is 11.3. The molecule has 1 aromatic carbocycles. The second-order valence-electron chi connectivity index (χ2n) is 5.30. The summed E-state index contributed by atoms with van der Waals surface area (Å²) in [7, 11) is 0. The Balaban J connectivity index is 1.88. The van der Waals surface area contributed by atoms with E-state index in [1.165, 1.54) is 5.56 Å². The minimum Gasteiger partial charge on any atom is -0.481 e. The number of hydrogen-bond donors (Lipinski definition) is 1. The highest BCUT2D eigenvalue weighted by Crippen LogP contribution is 2.47. The maximum Gasteiger partial charge on any atom is 0.311 e. The molecule has 1 N–H and O–H groups in total. The molecular formula is C14H16N4O2. The topological polar surface area (TPSA) is 80.9 Å². The van der Waals surface area contributed by atoms with Gasteiger partial charge < -0.3 is 5.11 Å². The Labute approximate surface area is 116 Å². The number of aliphatic carboxylic acids is 1. The standard InChI is InChI=1S/C14H16N4O2/c1-2-10-3-5-11(6-4-10)12-15-16-17-18(12)9-14(7-8-14)13(19)20/h3-6H,2,7-9H2,1H3,(H,19,20). The highest BCUT2D eigenvalue weighted by Gasteiger charge is 2.51. The van der Waals surface area contributed by atoms with Crippen LogP contribution in [-0.2, 0) is 17.8 Å². The monoisotopic (exact) mass is 272 g/mol. The van der Waals surface area contributed by atoms with E-state index in [1.807, 2.05) is 24.3 Å². The fourth-order valence-corrected chi connectivity index (χ4v) is 2.28. The lowest BCUT2D eigenvalue weighted by Crippen LogP contribution is -2.22. The van der Waals surface area contributed by atoms with Crippen LogP contribution in [0.25, 0.3) is 11.4 Å². The molecule has 0 aliphatic heterocycles. The summed E-state index contributed by atoms with van der Waals surface area (Å²) in [6, 6.07) is 8.03. The molecular weight excluding hydrogens is 256 g/mol. The molecule has 6 heteroatoms. The van der Waals surface area contributed by atoms with E-state index in [4.69, 9.17) is 0 Å². The summed E-state index contributed by atoms with van der Waals surface area (Å²) in [6.07, 6.45) is 2.36. The van der Waals surface area contributed by atoms with Gasteiger partial charge in [0.25, 0.3) is 0 Å². The maximum atomic E-state index is 11.3. The second-order valence-corrected chi connectivity index (χ2v) is 5.30. The number of aromatic nitrogens is 4. The number of carboxylic acids is 1. The SMILES string of the molecule is CCc1ccc(-c2nnnn2CC2(C(=O)O)CC2)cc1. The number of rotatable bonds is 5. The van der Waals surface area contributed by atoms with E-state index in [0.29, 0.717) is 25.2 Å². The lowest BCUT2D eigenvalue weighted by Gasteiger charge is -2.10. The molecule has 20 heavy (non-hydrogen) atoms. The summed E-state index contributed by atoms with van der Waals surface area (Å²) in [5, 5.41) is 20.9. The van der Waals surface area contributed by atoms with E-state index < -0.39 is 11.4 Å². The number of aryl methyl sites for hydroxylation is 1. The summed E-state index contributed by atoms with van der Waals surface area (Å²) >= 11 is 0. The van der Waals surface area contributed by atoms with Crippen LogP contribution in [0.4, 0.5) is 0 Å². The lowest BCUT2D eigenvalue weighted by atomic mass is 10.1. The van der Waals surface area contributed by atoms with Crippen molar-refractivity contribution in [2.75, 3.05) is 0 Å². The van der Waals surface area contributed by atoms with E-state index in [2.05, 4.69) is 22.4 Å². The zero-order chi connectivity index (χ0) is 14.2. The van der Waals surface area contributed by atoms with Gasteiger partial charge in [-0.2, -0.15) is 0 Å². The van der Waals surface area contributed by atoms with Crippen LogP contribution in [0.1, 0.15) is 25.3 Å². The first-order valence-corrected chi connectivity index (χ1v) is 6.73. The maximum absolute atomic E-state index is 11.3. The molecule has 1 saturated carbocycles. The Morgan fingerprint density at radius 2 is 2.05 bits per heavy atom. The highest BCUT2D eigenvalue weighted by molar-refractivity contribution is 5.77. The summed E-state index contributed by atoms with van der Waals surface area (Å²) < 4.78 is 1.60. The largest absolute Gasteiger partial charge is 0.481 e. The first-order valence-electron chi connectivity index (χ1n) is 6.73. The normalized spacial score (nSPS) is 16.1. The van der Waals surface area contributed by atoms with Crippen molar-refractivity contribution in [3.63, 3.8) is 0 Å². The predicted octanol–water partition coefficient (Wildman–Crippen LogP) is 1.77. The molecule has 0 atom stereocenters. The molecule has 0 saturated heterocycles. The van der Waals surface area contributed by atoms with Gasteiger partial charge in [0.1, 0.15) is 0 Å². The molecule has 1 heterocycles. The quantitative estimate of drug-likeness (QED) is 0.897. The third-order valence-electron chi connectivity index (χ3n) is 3.91. The number of tetrazole rings is 1. The fraction of sp³-hybridized carbons (Fsp3) is 0.429. The molecule has 0 amide bonds. The minimum atomic E-state index is -0.764. The van der Waals surface area contributed by atoms with Crippen LogP contribution in [0, 0.1) is 5.41 Å². The van der Waals surface area contributed by atoms with Crippen LogP contribution in [0.2, 0.25) is 0 Å². The second kappa shape index (κ2) is 4.70. The summed E-state index contributed by atoms with van der Waals surface area (Å²) in [6.45, 7) is 2.43. The van der Waals surface area contributed by atoms with Crippen molar-refractivity contribution in [2.24, 2.45) is 5.41 Å². The van der Waals surface area contributed by atoms with Crippen molar-refractivity contribution < 1.29 is 9.90 Å². The molecule has 0 radical (unpaired) electrons. The van der Waals surface area contributed by atoms with Gasteiger partial charge in [-0.25, -0.2) is 4.68 Å². The highest BCUT2D eigenvalue weighted by atomic mass is 16.4.